The van der Waals surface area contributed by atoms with Crippen molar-refractivity contribution >= 4 is 23.4 Å². The normalized spacial score (nSPS) is 11.5. The Kier molecular flexibility index (Phi) is 7.56. The van der Waals surface area contributed by atoms with Gasteiger partial charge in [0, 0.05) is 12.6 Å². The van der Waals surface area contributed by atoms with E-state index >= 15 is 0 Å². The number of nitrogens with zero attached hydrogens (tertiary/aromatic N) is 2. The van der Waals surface area contributed by atoms with Gasteiger partial charge in [0.2, 0.25) is 0 Å². The van der Waals surface area contributed by atoms with Crippen molar-refractivity contribution in [1.29, 1.82) is 0 Å². The van der Waals surface area contributed by atoms with Crippen molar-refractivity contribution in [2.75, 3.05) is 26.1 Å². The number of rotatable bonds is 9. The summed E-state index contributed by atoms with van der Waals surface area (Å²) in [5.74, 6) is -0.987. The first-order chi connectivity index (χ1) is 11.4. The number of hydrogen-bond acceptors (Lipinski definition) is 9. The van der Waals surface area contributed by atoms with Gasteiger partial charge in [-0.2, -0.15) is 0 Å². The van der Waals surface area contributed by atoms with Crippen LogP contribution in [0.25, 0.3) is 0 Å². The Morgan fingerprint density at radius 2 is 2.08 bits per heavy atom. The van der Waals surface area contributed by atoms with Crippen molar-refractivity contribution in [2.45, 2.75) is 25.3 Å². The summed E-state index contributed by atoms with van der Waals surface area (Å²) in [4.78, 5) is 36.9. The van der Waals surface area contributed by atoms with Crippen LogP contribution in [0.1, 0.15) is 29.6 Å². The molecule has 0 fully saturated rings. The number of aromatic nitrogens is 1. The molecule has 1 aromatic heterocycles. The zero-order chi connectivity index (χ0) is 18.1. The predicted octanol–water partition coefficient (Wildman–Crippen LogP) is 0.859. The fourth-order valence-corrected chi connectivity index (χ4v) is 1.93. The van der Waals surface area contributed by atoms with Gasteiger partial charge in [0.25, 0.3) is 5.69 Å². The highest BCUT2D eigenvalue weighted by Gasteiger charge is 2.18. The van der Waals surface area contributed by atoms with Crippen molar-refractivity contribution in [3.05, 3.63) is 27.9 Å². The lowest BCUT2D eigenvalue weighted by Gasteiger charge is -2.11. The molecule has 10 heteroatoms. The van der Waals surface area contributed by atoms with Crippen LogP contribution in [-0.2, 0) is 14.3 Å². The minimum absolute atomic E-state index is 0.0158. The zero-order valence-electron chi connectivity index (χ0n) is 13.5. The van der Waals surface area contributed by atoms with Crippen molar-refractivity contribution in [3.8, 4) is 0 Å². The fraction of sp³-hybridized carbons (Fsp3) is 0.500. The van der Waals surface area contributed by atoms with E-state index in [1.807, 2.05) is 0 Å². The molecule has 3 N–H and O–H groups in total. The highest BCUT2D eigenvalue weighted by atomic mass is 16.6. The molecular formula is C14H20N4O6. The summed E-state index contributed by atoms with van der Waals surface area (Å²) in [5, 5.41) is 13.7. The Morgan fingerprint density at radius 1 is 1.38 bits per heavy atom. The lowest BCUT2D eigenvalue weighted by molar-refractivity contribution is -0.385. The van der Waals surface area contributed by atoms with E-state index in [0.717, 1.165) is 12.3 Å². The van der Waals surface area contributed by atoms with Crippen LogP contribution in [0.15, 0.2) is 12.3 Å². The molecule has 0 bridgehead atoms. The third-order valence-corrected chi connectivity index (χ3v) is 3.23. The quantitative estimate of drug-likeness (QED) is 0.289. The average Bonchev–Trinajstić information content (AvgIpc) is 2.59. The highest BCUT2D eigenvalue weighted by molar-refractivity contribution is 5.95. The number of ether oxygens (including phenoxy) is 2. The first-order valence-electron chi connectivity index (χ1n) is 7.20. The van der Waals surface area contributed by atoms with Gasteiger partial charge in [-0.15, -0.1) is 0 Å². The van der Waals surface area contributed by atoms with E-state index in [0.29, 0.717) is 25.8 Å². The number of nitrogens with two attached hydrogens (primary N) is 1. The number of methoxy groups -OCH3 is 2. The second-order valence-electron chi connectivity index (χ2n) is 4.89. The molecule has 0 amide bonds. The summed E-state index contributed by atoms with van der Waals surface area (Å²) in [6.45, 7) is 0.447. The standard InChI is InChI=1S/C14H20N4O6/c1-23-13(19)10-7-9(18(21)22)8-17-12(10)16-6-4-3-5-11(15)14(20)24-2/h7-8,11H,3-6,15H2,1-2H3,(H,16,17). The molecule has 0 aliphatic heterocycles. The summed E-state index contributed by atoms with van der Waals surface area (Å²) >= 11 is 0. The molecule has 0 saturated carbocycles. The van der Waals surface area contributed by atoms with Crippen LogP contribution in [0.2, 0.25) is 0 Å². The van der Waals surface area contributed by atoms with Gasteiger partial charge in [-0.05, 0) is 19.3 Å². The van der Waals surface area contributed by atoms with Gasteiger partial charge in [0.15, 0.2) is 0 Å². The van der Waals surface area contributed by atoms with Gasteiger partial charge in [-0.3, -0.25) is 14.9 Å². The van der Waals surface area contributed by atoms with E-state index in [9.17, 15) is 19.7 Å². The van der Waals surface area contributed by atoms with Crippen LogP contribution in [0, 0.1) is 10.1 Å². The number of carbonyl (C=O) groups excluding carboxylic acids is 2. The maximum atomic E-state index is 11.7. The van der Waals surface area contributed by atoms with E-state index in [4.69, 9.17) is 5.73 Å². The van der Waals surface area contributed by atoms with Crippen molar-refractivity contribution in [3.63, 3.8) is 0 Å². The van der Waals surface area contributed by atoms with Gasteiger partial charge in [-0.25, -0.2) is 9.78 Å². The fourth-order valence-electron chi connectivity index (χ4n) is 1.93. The van der Waals surface area contributed by atoms with E-state index in [1.165, 1.54) is 14.2 Å². The van der Waals surface area contributed by atoms with E-state index < -0.39 is 22.9 Å². The molecule has 0 aliphatic carbocycles. The highest BCUT2D eigenvalue weighted by Crippen LogP contribution is 2.20. The molecular weight excluding hydrogens is 320 g/mol. The number of hydrogen-bond donors (Lipinski definition) is 2. The van der Waals surface area contributed by atoms with E-state index in [1.54, 1.807) is 0 Å². The third-order valence-electron chi connectivity index (χ3n) is 3.23. The maximum absolute atomic E-state index is 11.7. The Morgan fingerprint density at radius 3 is 2.67 bits per heavy atom. The molecule has 1 atom stereocenters. The number of anilines is 1. The summed E-state index contributed by atoms with van der Waals surface area (Å²) in [6.07, 6.45) is 2.83. The number of carbonyl (C=O) groups is 2. The number of esters is 2. The molecule has 0 saturated heterocycles. The summed E-state index contributed by atoms with van der Waals surface area (Å²) in [5.41, 5.74) is 5.30. The molecule has 10 nitrogen and oxygen atoms in total. The van der Waals surface area contributed by atoms with Crippen LogP contribution < -0.4 is 11.1 Å². The van der Waals surface area contributed by atoms with E-state index in [2.05, 4.69) is 19.8 Å². The lowest BCUT2D eigenvalue weighted by atomic mass is 10.1. The minimum Gasteiger partial charge on any atom is -0.468 e. The number of pyridine rings is 1. The second kappa shape index (κ2) is 9.40. The molecule has 0 spiro atoms. The zero-order valence-corrected chi connectivity index (χ0v) is 13.5. The third kappa shape index (κ3) is 5.47. The number of unbranched alkanes of at least 4 members (excludes halogenated alkanes) is 1. The van der Waals surface area contributed by atoms with Crippen LogP contribution >= 0.6 is 0 Å². The topological polar surface area (TPSA) is 147 Å². The van der Waals surface area contributed by atoms with Crippen molar-refractivity contribution in [1.82, 2.24) is 4.98 Å². The molecule has 24 heavy (non-hydrogen) atoms. The lowest BCUT2D eigenvalue weighted by Crippen LogP contribution is -2.31. The number of nitro groups is 1. The Labute approximate surface area is 138 Å². The summed E-state index contributed by atoms with van der Waals surface area (Å²) in [6, 6.07) is 0.437. The molecule has 132 valence electrons. The van der Waals surface area contributed by atoms with Gasteiger partial charge >= 0.3 is 11.9 Å². The van der Waals surface area contributed by atoms with Crippen LogP contribution in [-0.4, -0.2) is 48.7 Å². The van der Waals surface area contributed by atoms with Crippen molar-refractivity contribution < 1.29 is 24.0 Å². The molecule has 0 aliphatic rings. The Balaban J connectivity index is 2.60. The maximum Gasteiger partial charge on any atom is 0.341 e. The minimum atomic E-state index is -0.721. The first-order valence-corrected chi connectivity index (χ1v) is 7.20. The Hall–Kier alpha value is -2.75. The summed E-state index contributed by atoms with van der Waals surface area (Å²) in [7, 11) is 2.46. The molecule has 1 rings (SSSR count). The van der Waals surface area contributed by atoms with E-state index in [-0.39, 0.29) is 17.1 Å². The van der Waals surface area contributed by atoms with Crippen molar-refractivity contribution in [2.24, 2.45) is 5.73 Å². The average molecular weight is 340 g/mol. The van der Waals surface area contributed by atoms with Crippen LogP contribution in [0.3, 0.4) is 0 Å². The molecule has 0 aromatic carbocycles. The summed E-state index contributed by atoms with van der Waals surface area (Å²) < 4.78 is 9.13. The first kappa shape index (κ1) is 19.3. The predicted molar refractivity (Wildman–Crippen MR) is 84.6 cm³/mol. The van der Waals surface area contributed by atoms with Gasteiger partial charge < -0.3 is 20.5 Å². The number of nitrogens with one attached hydrogen (secondary N) is 1. The van der Waals surface area contributed by atoms with Gasteiger partial charge in [0.1, 0.15) is 23.6 Å². The van der Waals surface area contributed by atoms with Crippen LogP contribution in [0.4, 0.5) is 11.5 Å². The smallest absolute Gasteiger partial charge is 0.341 e. The largest absolute Gasteiger partial charge is 0.468 e. The molecule has 1 aromatic rings. The monoisotopic (exact) mass is 340 g/mol. The van der Waals surface area contributed by atoms with Crippen LogP contribution in [0.5, 0.6) is 0 Å². The van der Waals surface area contributed by atoms with Gasteiger partial charge in [-0.1, -0.05) is 0 Å². The van der Waals surface area contributed by atoms with Gasteiger partial charge in [0.05, 0.1) is 19.1 Å². The second-order valence-corrected chi connectivity index (χ2v) is 4.89. The molecule has 0 radical (unpaired) electrons. The molecule has 1 unspecified atom stereocenters. The SMILES string of the molecule is COC(=O)c1cc([N+](=O)[O-])cnc1NCCCCC(N)C(=O)OC. The Bertz CT molecular complexity index is 607. The molecule has 1 heterocycles.